The van der Waals surface area contributed by atoms with Gasteiger partial charge in [0.25, 0.3) is 0 Å². The quantitative estimate of drug-likeness (QED) is 0.642. The number of amides is 1. The normalized spacial score (nSPS) is 32.3. The topological polar surface area (TPSA) is 65.1 Å². The summed E-state index contributed by atoms with van der Waals surface area (Å²) in [6, 6.07) is 0. The minimum absolute atomic E-state index is 0.0524. The summed E-state index contributed by atoms with van der Waals surface area (Å²) in [7, 11) is 1.32. The summed E-state index contributed by atoms with van der Waals surface area (Å²) in [4.78, 5) is 25.3. The predicted molar refractivity (Wildman–Crippen MR) is 61.9 cm³/mol. The third-order valence-electron chi connectivity index (χ3n) is 3.39. The lowest BCUT2D eigenvalue weighted by Gasteiger charge is -2.32. The van der Waals surface area contributed by atoms with Crippen molar-refractivity contribution in [1.82, 2.24) is 4.90 Å². The van der Waals surface area contributed by atoms with Crippen molar-refractivity contribution in [2.24, 2.45) is 5.92 Å². The van der Waals surface area contributed by atoms with Crippen LogP contribution >= 0.6 is 0 Å². The van der Waals surface area contributed by atoms with Crippen LogP contribution in [0.1, 0.15) is 13.3 Å². The number of methoxy groups -OCH3 is 1. The molecule has 2 aliphatic heterocycles. The van der Waals surface area contributed by atoms with Gasteiger partial charge in [-0.15, -0.1) is 0 Å². The molecule has 0 spiro atoms. The molecule has 3 atom stereocenters. The Labute approximate surface area is 106 Å². The largest absolute Gasteiger partial charge is 0.467 e. The van der Waals surface area contributed by atoms with E-state index >= 15 is 0 Å². The van der Waals surface area contributed by atoms with E-state index in [1.807, 2.05) is 6.92 Å². The van der Waals surface area contributed by atoms with Crippen molar-refractivity contribution in [3.8, 4) is 0 Å². The highest BCUT2D eigenvalue weighted by Crippen LogP contribution is 2.22. The van der Waals surface area contributed by atoms with Crippen LogP contribution in [0.25, 0.3) is 0 Å². The fourth-order valence-electron chi connectivity index (χ4n) is 2.37. The molecular formula is C12H19NO5. The highest BCUT2D eigenvalue weighted by atomic mass is 16.6. The van der Waals surface area contributed by atoms with Gasteiger partial charge in [0.15, 0.2) is 6.10 Å². The zero-order chi connectivity index (χ0) is 13.1. The molecule has 2 fully saturated rings. The maximum absolute atomic E-state index is 12.2. The van der Waals surface area contributed by atoms with Gasteiger partial charge >= 0.3 is 5.97 Å². The Morgan fingerprint density at radius 1 is 1.33 bits per heavy atom. The first-order valence-electron chi connectivity index (χ1n) is 6.21. The molecule has 0 N–H and O–H groups in total. The van der Waals surface area contributed by atoms with Gasteiger partial charge in [-0.1, -0.05) is 0 Å². The minimum Gasteiger partial charge on any atom is -0.467 e. The highest BCUT2D eigenvalue weighted by molar-refractivity contribution is 5.81. The third kappa shape index (κ3) is 2.81. The lowest BCUT2D eigenvalue weighted by atomic mass is 10.0. The molecular weight excluding hydrogens is 238 g/mol. The van der Waals surface area contributed by atoms with E-state index in [2.05, 4.69) is 4.74 Å². The van der Waals surface area contributed by atoms with Crippen LogP contribution in [0.2, 0.25) is 0 Å². The molecule has 0 aromatic carbocycles. The molecule has 0 aromatic rings. The van der Waals surface area contributed by atoms with Crippen LogP contribution in [0.5, 0.6) is 0 Å². The van der Waals surface area contributed by atoms with E-state index in [1.54, 1.807) is 4.90 Å². The average Bonchev–Trinajstić information content (AvgIpc) is 2.83. The fraction of sp³-hybridized carbons (Fsp3) is 0.833. The fourth-order valence-corrected chi connectivity index (χ4v) is 2.37. The molecule has 2 heterocycles. The van der Waals surface area contributed by atoms with E-state index in [0.717, 1.165) is 6.42 Å². The maximum Gasteiger partial charge on any atom is 0.336 e. The first kappa shape index (κ1) is 13.3. The smallest absolute Gasteiger partial charge is 0.336 e. The van der Waals surface area contributed by atoms with E-state index in [-0.39, 0.29) is 24.5 Å². The van der Waals surface area contributed by atoms with E-state index in [0.29, 0.717) is 19.8 Å². The van der Waals surface area contributed by atoms with Crippen molar-refractivity contribution in [3.05, 3.63) is 0 Å². The van der Waals surface area contributed by atoms with Crippen LogP contribution in [0, 0.1) is 5.92 Å². The van der Waals surface area contributed by atoms with Gasteiger partial charge < -0.3 is 19.1 Å². The Morgan fingerprint density at radius 3 is 2.72 bits per heavy atom. The number of carbonyl (C=O) groups excluding carboxylic acids is 2. The Bertz CT molecular complexity index is 332. The molecule has 2 saturated heterocycles. The van der Waals surface area contributed by atoms with Gasteiger partial charge in [-0.25, -0.2) is 4.79 Å². The molecule has 0 aromatic heterocycles. The standard InChI is InChI=1S/C12H19NO5/c1-8-5-9(7-18-8)11(14)13-3-4-17-10(6-13)12(15)16-2/h8-10H,3-7H2,1-2H3. The molecule has 0 aliphatic carbocycles. The lowest BCUT2D eigenvalue weighted by Crippen LogP contribution is -2.50. The van der Waals surface area contributed by atoms with Gasteiger partial charge in [-0.3, -0.25) is 4.79 Å². The molecule has 6 nitrogen and oxygen atoms in total. The van der Waals surface area contributed by atoms with Crippen LogP contribution in [0.15, 0.2) is 0 Å². The molecule has 2 aliphatic rings. The summed E-state index contributed by atoms with van der Waals surface area (Å²) in [5.41, 5.74) is 0. The Kier molecular flexibility index (Phi) is 4.19. The molecule has 0 saturated carbocycles. The van der Waals surface area contributed by atoms with Gasteiger partial charge in [0.1, 0.15) is 0 Å². The van der Waals surface area contributed by atoms with E-state index in [1.165, 1.54) is 7.11 Å². The zero-order valence-electron chi connectivity index (χ0n) is 10.8. The predicted octanol–water partition coefficient (Wildman–Crippen LogP) is -0.188. The Balaban J connectivity index is 1.92. The summed E-state index contributed by atoms with van der Waals surface area (Å²) in [6.07, 6.45) is 0.225. The summed E-state index contributed by atoms with van der Waals surface area (Å²) >= 11 is 0. The molecule has 6 heteroatoms. The van der Waals surface area contributed by atoms with Crippen molar-refractivity contribution in [3.63, 3.8) is 0 Å². The van der Waals surface area contributed by atoms with Crippen molar-refractivity contribution in [2.75, 3.05) is 33.4 Å². The second-order valence-corrected chi connectivity index (χ2v) is 4.74. The van der Waals surface area contributed by atoms with E-state index in [9.17, 15) is 9.59 Å². The van der Waals surface area contributed by atoms with E-state index in [4.69, 9.17) is 9.47 Å². The molecule has 3 unspecified atom stereocenters. The molecule has 102 valence electrons. The Hall–Kier alpha value is -1.14. The number of esters is 1. The zero-order valence-corrected chi connectivity index (χ0v) is 10.8. The number of ether oxygens (including phenoxy) is 3. The summed E-state index contributed by atoms with van der Waals surface area (Å²) in [6.45, 7) is 3.60. The molecule has 0 radical (unpaired) electrons. The number of hydrogen-bond acceptors (Lipinski definition) is 5. The van der Waals surface area contributed by atoms with Crippen LogP contribution < -0.4 is 0 Å². The second kappa shape index (κ2) is 5.67. The van der Waals surface area contributed by atoms with Crippen LogP contribution in [-0.2, 0) is 23.8 Å². The second-order valence-electron chi connectivity index (χ2n) is 4.74. The third-order valence-corrected chi connectivity index (χ3v) is 3.39. The molecule has 18 heavy (non-hydrogen) atoms. The maximum atomic E-state index is 12.2. The summed E-state index contributed by atoms with van der Waals surface area (Å²) in [5.74, 6) is -0.462. The van der Waals surface area contributed by atoms with Crippen molar-refractivity contribution in [2.45, 2.75) is 25.6 Å². The Morgan fingerprint density at radius 2 is 2.11 bits per heavy atom. The van der Waals surface area contributed by atoms with Crippen molar-refractivity contribution in [1.29, 1.82) is 0 Å². The van der Waals surface area contributed by atoms with Gasteiger partial charge in [0.05, 0.1) is 38.9 Å². The molecule has 1 amide bonds. The molecule has 2 rings (SSSR count). The number of carbonyl (C=O) groups is 2. The van der Waals surface area contributed by atoms with Gasteiger partial charge in [0.2, 0.25) is 5.91 Å². The van der Waals surface area contributed by atoms with Crippen molar-refractivity contribution < 1.29 is 23.8 Å². The first-order valence-corrected chi connectivity index (χ1v) is 6.21. The number of rotatable bonds is 2. The highest BCUT2D eigenvalue weighted by Gasteiger charge is 2.35. The number of morpholine rings is 1. The van der Waals surface area contributed by atoms with Gasteiger partial charge in [-0.05, 0) is 13.3 Å². The minimum atomic E-state index is -0.660. The molecule has 0 bridgehead atoms. The SMILES string of the molecule is COC(=O)C1CN(C(=O)C2COC(C)C2)CCO1. The van der Waals surface area contributed by atoms with E-state index < -0.39 is 12.1 Å². The van der Waals surface area contributed by atoms with Crippen LogP contribution in [0.3, 0.4) is 0 Å². The monoisotopic (exact) mass is 257 g/mol. The first-order chi connectivity index (χ1) is 8.61. The average molecular weight is 257 g/mol. The van der Waals surface area contributed by atoms with Gasteiger partial charge in [-0.2, -0.15) is 0 Å². The van der Waals surface area contributed by atoms with Crippen LogP contribution in [0.4, 0.5) is 0 Å². The number of nitrogens with zero attached hydrogens (tertiary/aromatic N) is 1. The summed E-state index contributed by atoms with van der Waals surface area (Å²) in [5, 5.41) is 0. The van der Waals surface area contributed by atoms with Crippen molar-refractivity contribution >= 4 is 11.9 Å². The summed E-state index contributed by atoms with van der Waals surface area (Å²) < 4.78 is 15.3. The number of hydrogen-bond donors (Lipinski definition) is 0. The lowest BCUT2D eigenvalue weighted by molar-refractivity contribution is -0.163. The van der Waals surface area contributed by atoms with Crippen LogP contribution in [-0.4, -0.2) is 62.4 Å². The van der Waals surface area contributed by atoms with Gasteiger partial charge in [0, 0.05) is 6.54 Å².